The van der Waals surface area contributed by atoms with Crippen LogP contribution in [0.3, 0.4) is 0 Å². The summed E-state index contributed by atoms with van der Waals surface area (Å²) in [5, 5.41) is 12.7. The normalized spacial score (nSPS) is 12.7. The Labute approximate surface area is 130 Å². The number of hydrogen-bond acceptors (Lipinski definition) is 4. The van der Waals surface area contributed by atoms with Crippen LogP contribution in [-0.4, -0.2) is 20.2 Å². The van der Waals surface area contributed by atoms with E-state index in [1.165, 1.54) is 0 Å². The van der Waals surface area contributed by atoms with Gasteiger partial charge in [0.1, 0.15) is 0 Å². The van der Waals surface area contributed by atoms with Gasteiger partial charge in [0, 0.05) is 5.56 Å². The Bertz CT molecular complexity index is 640. The summed E-state index contributed by atoms with van der Waals surface area (Å²) in [6, 6.07) is 5.50. The molecule has 2 rings (SSSR count). The third kappa shape index (κ3) is 3.35. The van der Waals surface area contributed by atoms with Crippen LogP contribution < -0.4 is 5.73 Å². The van der Waals surface area contributed by atoms with Gasteiger partial charge < -0.3 is 5.73 Å². The van der Waals surface area contributed by atoms with E-state index in [1.807, 2.05) is 16.8 Å². The fourth-order valence-corrected chi connectivity index (χ4v) is 3.04. The molecule has 21 heavy (non-hydrogen) atoms. The van der Waals surface area contributed by atoms with E-state index in [-0.39, 0.29) is 11.0 Å². The van der Waals surface area contributed by atoms with E-state index in [0.717, 1.165) is 12.0 Å². The molecule has 0 aliphatic heterocycles. The number of nitrogens with zero attached hydrogens (tertiary/aromatic N) is 4. The molecule has 0 fully saturated rings. The van der Waals surface area contributed by atoms with Crippen LogP contribution in [0.5, 0.6) is 0 Å². The minimum atomic E-state index is -0.230. The summed E-state index contributed by atoms with van der Waals surface area (Å²) in [6.07, 6.45) is 0.929. The van der Waals surface area contributed by atoms with Gasteiger partial charge in [-0.05, 0) is 48.2 Å². The minimum absolute atomic E-state index is 0.159. The van der Waals surface area contributed by atoms with Gasteiger partial charge >= 0.3 is 0 Å². The van der Waals surface area contributed by atoms with Gasteiger partial charge in [0.05, 0.1) is 16.2 Å². The van der Waals surface area contributed by atoms with Crippen LogP contribution in [0.15, 0.2) is 18.2 Å². The lowest BCUT2D eigenvalue weighted by Crippen LogP contribution is -2.33. The molecular weight excluding hydrogens is 286 g/mol. The Morgan fingerprint density at radius 1 is 1.19 bits per heavy atom. The number of hydrogen-bond donors (Lipinski definition) is 1. The van der Waals surface area contributed by atoms with Gasteiger partial charge in [-0.1, -0.05) is 38.4 Å². The number of benzene rings is 1. The van der Waals surface area contributed by atoms with Crippen LogP contribution >= 0.6 is 11.6 Å². The largest absolute Gasteiger partial charge is 0.397 e. The van der Waals surface area contributed by atoms with E-state index in [2.05, 4.69) is 50.1 Å². The topological polar surface area (TPSA) is 69.6 Å². The number of halogens is 1. The lowest BCUT2D eigenvalue weighted by molar-refractivity contribution is 0.197. The highest BCUT2D eigenvalue weighted by molar-refractivity contribution is 6.33. The smallest absolute Gasteiger partial charge is 0.184 e. The monoisotopic (exact) mass is 307 g/mol. The minimum Gasteiger partial charge on any atom is -0.397 e. The first-order chi connectivity index (χ1) is 9.62. The number of aromatic nitrogens is 4. The second kappa shape index (κ2) is 5.30. The van der Waals surface area contributed by atoms with Crippen molar-refractivity contribution in [1.29, 1.82) is 0 Å². The zero-order valence-corrected chi connectivity index (χ0v) is 13.9. The van der Waals surface area contributed by atoms with Gasteiger partial charge in [-0.15, -0.1) is 5.10 Å². The van der Waals surface area contributed by atoms with Gasteiger partial charge in [-0.25, -0.2) is 4.68 Å². The molecule has 0 radical (unpaired) electrons. The number of tetrazole rings is 1. The van der Waals surface area contributed by atoms with Gasteiger partial charge in [-0.3, -0.25) is 0 Å². The first-order valence-electron chi connectivity index (χ1n) is 6.95. The predicted molar refractivity (Wildman–Crippen MR) is 86.1 cm³/mol. The SMILES string of the molecule is CC(C)(C)CC(C)(C)n1nnnc1-c1cccc(Cl)c1N. The highest BCUT2D eigenvalue weighted by atomic mass is 35.5. The summed E-state index contributed by atoms with van der Waals surface area (Å²) in [7, 11) is 0. The molecule has 0 amide bonds. The molecule has 0 aliphatic rings. The first kappa shape index (κ1) is 15.8. The summed E-state index contributed by atoms with van der Waals surface area (Å²) < 4.78 is 1.83. The van der Waals surface area contributed by atoms with Crippen molar-refractivity contribution in [2.45, 2.75) is 46.6 Å². The van der Waals surface area contributed by atoms with Crippen molar-refractivity contribution in [2.75, 3.05) is 5.73 Å². The quantitative estimate of drug-likeness (QED) is 0.877. The molecule has 2 aromatic rings. The van der Waals surface area contributed by atoms with Gasteiger partial charge in [0.2, 0.25) is 0 Å². The van der Waals surface area contributed by atoms with Crippen molar-refractivity contribution in [3.8, 4) is 11.4 Å². The molecule has 1 aromatic heterocycles. The summed E-state index contributed by atoms with van der Waals surface area (Å²) in [4.78, 5) is 0. The Hall–Kier alpha value is -1.62. The zero-order valence-electron chi connectivity index (χ0n) is 13.2. The molecule has 0 aliphatic carbocycles. The Morgan fingerprint density at radius 3 is 2.48 bits per heavy atom. The van der Waals surface area contributed by atoms with Gasteiger partial charge in [-0.2, -0.15) is 0 Å². The van der Waals surface area contributed by atoms with Crippen molar-refractivity contribution >= 4 is 17.3 Å². The van der Waals surface area contributed by atoms with Crippen LogP contribution in [0, 0.1) is 5.41 Å². The molecule has 0 unspecified atom stereocenters. The molecule has 0 atom stereocenters. The third-order valence-corrected chi connectivity index (χ3v) is 3.63. The van der Waals surface area contributed by atoms with Crippen molar-refractivity contribution in [1.82, 2.24) is 20.2 Å². The molecular formula is C15H22ClN5. The first-order valence-corrected chi connectivity index (χ1v) is 7.33. The summed E-state index contributed by atoms with van der Waals surface area (Å²) in [5.74, 6) is 0.643. The predicted octanol–water partition coefficient (Wildman–Crippen LogP) is 3.75. The molecule has 0 bridgehead atoms. The Morgan fingerprint density at radius 2 is 1.86 bits per heavy atom. The Kier molecular flexibility index (Phi) is 3.97. The fourth-order valence-electron chi connectivity index (χ4n) is 2.87. The van der Waals surface area contributed by atoms with Crippen molar-refractivity contribution in [3.63, 3.8) is 0 Å². The number of rotatable bonds is 3. The maximum Gasteiger partial charge on any atom is 0.184 e. The molecule has 0 saturated heterocycles. The molecule has 6 heteroatoms. The number of para-hydroxylation sites is 1. The van der Waals surface area contributed by atoms with Gasteiger partial charge in [0.25, 0.3) is 0 Å². The van der Waals surface area contributed by atoms with Crippen LogP contribution in [0.4, 0.5) is 5.69 Å². The van der Waals surface area contributed by atoms with Crippen molar-refractivity contribution in [2.24, 2.45) is 5.41 Å². The average molecular weight is 308 g/mol. The lowest BCUT2D eigenvalue weighted by atomic mass is 9.82. The van der Waals surface area contributed by atoms with E-state index in [4.69, 9.17) is 17.3 Å². The number of nitrogen functional groups attached to an aromatic ring is 1. The molecule has 1 aromatic carbocycles. The summed E-state index contributed by atoms with van der Waals surface area (Å²) in [6.45, 7) is 10.9. The third-order valence-electron chi connectivity index (χ3n) is 3.30. The van der Waals surface area contributed by atoms with E-state index in [9.17, 15) is 0 Å². The van der Waals surface area contributed by atoms with Crippen LogP contribution in [0.2, 0.25) is 5.02 Å². The maximum atomic E-state index is 6.10. The highest BCUT2D eigenvalue weighted by Crippen LogP contribution is 2.36. The molecule has 114 valence electrons. The van der Waals surface area contributed by atoms with Crippen LogP contribution in [0.25, 0.3) is 11.4 Å². The van der Waals surface area contributed by atoms with Crippen molar-refractivity contribution in [3.05, 3.63) is 23.2 Å². The van der Waals surface area contributed by atoms with Crippen LogP contribution in [-0.2, 0) is 5.54 Å². The van der Waals surface area contributed by atoms with E-state index < -0.39 is 0 Å². The standard InChI is InChI=1S/C15H22ClN5/c1-14(2,3)9-15(4,5)21-13(18-19-20-21)10-7-6-8-11(16)12(10)17/h6-8H,9,17H2,1-5H3. The highest BCUT2D eigenvalue weighted by Gasteiger charge is 2.31. The van der Waals surface area contributed by atoms with Crippen LogP contribution in [0.1, 0.15) is 41.0 Å². The molecule has 0 spiro atoms. The Balaban J connectivity index is 2.50. The van der Waals surface area contributed by atoms with Gasteiger partial charge in [0.15, 0.2) is 5.82 Å². The molecule has 2 N–H and O–H groups in total. The number of anilines is 1. The van der Waals surface area contributed by atoms with Crippen molar-refractivity contribution < 1.29 is 0 Å². The maximum absolute atomic E-state index is 6.10. The second-order valence-corrected chi connectivity index (χ2v) is 7.57. The zero-order chi connectivity index (χ0) is 15.8. The summed E-state index contributed by atoms with van der Waals surface area (Å²) >= 11 is 6.10. The lowest BCUT2D eigenvalue weighted by Gasteiger charge is -2.32. The van der Waals surface area contributed by atoms with E-state index in [0.29, 0.717) is 16.5 Å². The summed E-state index contributed by atoms with van der Waals surface area (Å²) in [5.41, 5.74) is 7.26. The van der Waals surface area contributed by atoms with E-state index in [1.54, 1.807) is 6.07 Å². The second-order valence-electron chi connectivity index (χ2n) is 7.17. The molecule has 5 nitrogen and oxygen atoms in total. The average Bonchev–Trinajstić information content (AvgIpc) is 2.79. The molecule has 0 saturated carbocycles. The van der Waals surface area contributed by atoms with E-state index >= 15 is 0 Å². The molecule has 1 heterocycles. The fraction of sp³-hybridized carbons (Fsp3) is 0.533. The number of nitrogens with two attached hydrogens (primary N) is 1.